The van der Waals surface area contributed by atoms with Crippen LogP contribution >= 0.6 is 11.3 Å². The standard InChI is InChI=1S/C14H26N2OS/c1-11(2)16(9-13-7-6-8-18-13)14(4,10-15)12(3)17-5/h6-8,11-12H,9-10,15H2,1-5H3. The second-order valence-corrected chi connectivity index (χ2v) is 6.27. The molecule has 0 aromatic carbocycles. The lowest BCUT2D eigenvalue weighted by Crippen LogP contribution is -2.60. The Hall–Kier alpha value is -0.420. The molecule has 2 unspecified atom stereocenters. The predicted molar refractivity (Wildman–Crippen MR) is 78.9 cm³/mol. The van der Waals surface area contributed by atoms with Crippen molar-refractivity contribution in [2.45, 2.75) is 51.9 Å². The van der Waals surface area contributed by atoms with E-state index in [1.807, 2.05) is 0 Å². The zero-order valence-corrected chi connectivity index (χ0v) is 13.0. The summed E-state index contributed by atoms with van der Waals surface area (Å²) in [7, 11) is 1.75. The van der Waals surface area contributed by atoms with Gasteiger partial charge in [0.1, 0.15) is 0 Å². The molecule has 0 radical (unpaired) electrons. The minimum atomic E-state index is -0.146. The van der Waals surface area contributed by atoms with E-state index in [1.54, 1.807) is 18.4 Å². The molecular formula is C14H26N2OS. The van der Waals surface area contributed by atoms with Gasteiger partial charge < -0.3 is 10.5 Å². The first-order chi connectivity index (χ1) is 8.45. The first-order valence-corrected chi connectivity index (χ1v) is 7.35. The Kier molecular flexibility index (Phi) is 5.79. The summed E-state index contributed by atoms with van der Waals surface area (Å²) in [6, 6.07) is 4.70. The highest BCUT2D eigenvalue weighted by molar-refractivity contribution is 7.09. The maximum Gasteiger partial charge on any atom is 0.0736 e. The van der Waals surface area contributed by atoms with E-state index in [9.17, 15) is 0 Å². The summed E-state index contributed by atoms with van der Waals surface area (Å²) < 4.78 is 5.54. The van der Waals surface area contributed by atoms with Crippen LogP contribution in [0.2, 0.25) is 0 Å². The maximum absolute atomic E-state index is 6.03. The molecule has 1 aromatic rings. The minimum absolute atomic E-state index is 0.102. The van der Waals surface area contributed by atoms with Gasteiger partial charge in [-0.3, -0.25) is 4.90 Å². The van der Waals surface area contributed by atoms with Gasteiger partial charge in [-0.1, -0.05) is 6.07 Å². The zero-order chi connectivity index (χ0) is 13.8. The van der Waals surface area contributed by atoms with Crippen molar-refractivity contribution in [1.82, 2.24) is 4.90 Å². The lowest BCUT2D eigenvalue weighted by atomic mass is 9.91. The number of methoxy groups -OCH3 is 1. The molecule has 0 aliphatic heterocycles. The Balaban J connectivity index is 2.94. The molecular weight excluding hydrogens is 244 g/mol. The molecule has 0 fully saturated rings. The molecule has 0 bridgehead atoms. The Morgan fingerprint density at radius 3 is 2.50 bits per heavy atom. The molecule has 3 nitrogen and oxygen atoms in total. The number of nitrogens with two attached hydrogens (primary N) is 1. The van der Waals surface area contributed by atoms with E-state index in [0.29, 0.717) is 12.6 Å². The van der Waals surface area contributed by atoms with Gasteiger partial charge in [-0.25, -0.2) is 0 Å². The highest BCUT2D eigenvalue weighted by atomic mass is 32.1. The third-order valence-electron chi connectivity index (χ3n) is 3.83. The molecule has 0 saturated heterocycles. The van der Waals surface area contributed by atoms with Crippen LogP contribution in [-0.2, 0) is 11.3 Å². The molecule has 1 heterocycles. The summed E-state index contributed by atoms with van der Waals surface area (Å²) in [6.07, 6.45) is 0.102. The van der Waals surface area contributed by atoms with E-state index in [2.05, 4.69) is 50.1 Å². The van der Waals surface area contributed by atoms with Crippen molar-refractivity contribution in [2.24, 2.45) is 5.73 Å². The van der Waals surface area contributed by atoms with Crippen LogP contribution in [0.5, 0.6) is 0 Å². The van der Waals surface area contributed by atoms with Crippen LogP contribution < -0.4 is 5.73 Å². The third-order valence-corrected chi connectivity index (χ3v) is 4.69. The van der Waals surface area contributed by atoms with Gasteiger partial charge in [0, 0.05) is 31.1 Å². The maximum atomic E-state index is 6.03. The number of thiophene rings is 1. The number of hydrogen-bond donors (Lipinski definition) is 1. The van der Waals surface area contributed by atoms with E-state index in [0.717, 1.165) is 6.54 Å². The first-order valence-electron chi connectivity index (χ1n) is 6.47. The second kappa shape index (κ2) is 6.66. The van der Waals surface area contributed by atoms with Crippen molar-refractivity contribution in [3.05, 3.63) is 22.4 Å². The molecule has 1 rings (SSSR count). The third kappa shape index (κ3) is 3.32. The monoisotopic (exact) mass is 270 g/mol. The summed E-state index contributed by atoms with van der Waals surface area (Å²) in [5, 5.41) is 2.12. The van der Waals surface area contributed by atoms with Crippen molar-refractivity contribution in [3.63, 3.8) is 0 Å². The SMILES string of the molecule is COC(C)C(C)(CN)N(Cc1cccs1)C(C)C. The normalized spacial score (nSPS) is 17.1. The van der Waals surface area contributed by atoms with Gasteiger partial charge in [-0.15, -0.1) is 11.3 Å². The van der Waals surface area contributed by atoms with Crippen LogP contribution in [-0.4, -0.2) is 36.2 Å². The number of ether oxygens (including phenoxy) is 1. The molecule has 1 aromatic heterocycles. The quantitative estimate of drug-likeness (QED) is 0.828. The molecule has 0 aliphatic rings. The van der Waals surface area contributed by atoms with Gasteiger partial charge >= 0.3 is 0 Å². The molecule has 104 valence electrons. The molecule has 4 heteroatoms. The molecule has 2 N–H and O–H groups in total. The molecule has 0 spiro atoms. The van der Waals surface area contributed by atoms with Crippen LogP contribution in [0.4, 0.5) is 0 Å². The molecule has 0 amide bonds. The van der Waals surface area contributed by atoms with Crippen LogP contribution in [0, 0.1) is 0 Å². The van der Waals surface area contributed by atoms with Gasteiger partial charge in [0.25, 0.3) is 0 Å². The number of nitrogens with zero attached hydrogens (tertiary/aromatic N) is 1. The molecule has 2 atom stereocenters. The summed E-state index contributed by atoms with van der Waals surface area (Å²) >= 11 is 1.79. The smallest absolute Gasteiger partial charge is 0.0736 e. The minimum Gasteiger partial charge on any atom is -0.380 e. The summed E-state index contributed by atoms with van der Waals surface area (Å²) in [4.78, 5) is 3.80. The Morgan fingerprint density at radius 2 is 2.11 bits per heavy atom. The van der Waals surface area contributed by atoms with Gasteiger partial charge in [-0.2, -0.15) is 0 Å². The fourth-order valence-corrected chi connectivity index (χ4v) is 3.00. The van der Waals surface area contributed by atoms with Crippen LogP contribution in [0.1, 0.15) is 32.6 Å². The summed E-state index contributed by atoms with van der Waals surface area (Å²) in [6.45, 7) is 10.2. The van der Waals surface area contributed by atoms with Gasteiger partial charge in [-0.05, 0) is 39.1 Å². The summed E-state index contributed by atoms with van der Waals surface area (Å²) in [5.41, 5.74) is 5.89. The van der Waals surface area contributed by atoms with E-state index < -0.39 is 0 Å². The second-order valence-electron chi connectivity index (χ2n) is 5.24. The van der Waals surface area contributed by atoms with Crippen LogP contribution in [0.15, 0.2) is 17.5 Å². The Bertz CT molecular complexity index is 340. The zero-order valence-electron chi connectivity index (χ0n) is 12.1. The highest BCUT2D eigenvalue weighted by Crippen LogP contribution is 2.26. The van der Waals surface area contributed by atoms with Gasteiger partial charge in [0.15, 0.2) is 0 Å². The van der Waals surface area contributed by atoms with E-state index in [-0.39, 0.29) is 11.6 Å². The fraction of sp³-hybridized carbons (Fsp3) is 0.714. The van der Waals surface area contributed by atoms with Crippen molar-refractivity contribution in [2.75, 3.05) is 13.7 Å². The average Bonchev–Trinajstić information content (AvgIpc) is 2.86. The average molecular weight is 270 g/mol. The number of hydrogen-bond acceptors (Lipinski definition) is 4. The van der Waals surface area contributed by atoms with Crippen LogP contribution in [0.3, 0.4) is 0 Å². The molecule has 0 aliphatic carbocycles. The summed E-state index contributed by atoms with van der Waals surface area (Å²) in [5.74, 6) is 0. The lowest BCUT2D eigenvalue weighted by molar-refractivity contribution is -0.0491. The number of rotatable bonds is 7. The topological polar surface area (TPSA) is 38.5 Å². The van der Waals surface area contributed by atoms with Crippen molar-refractivity contribution in [1.29, 1.82) is 0 Å². The van der Waals surface area contributed by atoms with Gasteiger partial charge in [0.05, 0.1) is 11.6 Å². The van der Waals surface area contributed by atoms with E-state index >= 15 is 0 Å². The van der Waals surface area contributed by atoms with Gasteiger partial charge in [0.2, 0.25) is 0 Å². The van der Waals surface area contributed by atoms with Crippen molar-refractivity contribution >= 4 is 11.3 Å². The van der Waals surface area contributed by atoms with E-state index in [4.69, 9.17) is 10.5 Å². The van der Waals surface area contributed by atoms with Crippen molar-refractivity contribution in [3.8, 4) is 0 Å². The fourth-order valence-electron chi connectivity index (χ4n) is 2.29. The largest absolute Gasteiger partial charge is 0.380 e. The first kappa shape index (κ1) is 15.6. The Morgan fingerprint density at radius 1 is 1.44 bits per heavy atom. The molecule has 0 saturated carbocycles. The highest BCUT2D eigenvalue weighted by Gasteiger charge is 2.38. The molecule has 18 heavy (non-hydrogen) atoms. The van der Waals surface area contributed by atoms with Crippen molar-refractivity contribution < 1.29 is 4.74 Å². The van der Waals surface area contributed by atoms with E-state index in [1.165, 1.54) is 4.88 Å². The predicted octanol–water partition coefficient (Wildman–Crippen LogP) is 2.71. The Labute approximate surface area is 115 Å². The lowest BCUT2D eigenvalue weighted by Gasteiger charge is -2.46. The van der Waals surface area contributed by atoms with Crippen LogP contribution in [0.25, 0.3) is 0 Å².